The fourth-order valence-corrected chi connectivity index (χ4v) is 4.07. The van der Waals surface area contributed by atoms with E-state index in [9.17, 15) is 32.4 Å². The fraction of sp³-hybridized carbons (Fsp3) is 0.320. The number of carbonyl (C=O) groups is 1. The molecule has 0 spiro atoms. The number of aliphatic hydroxyl groups excluding tert-OH is 1. The Balaban J connectivity index is 1.70. The van der Waals surface area contributed by atoms with Crippen molar-refractivity contribution in [3.63, 3.8) is 0 Å². The van der Waals surface area contributed by atoms with Crippen LogP contribution in [0.4, 0.5) is 17.6 Å². The number of benzene rings is 2. The Bertz CT molecular complexity index is 1600. The maximum Gasteiger partial charge on any atom is 0.275 e. The second kappa shape index (κ2) is 11.9. The van der Waals surface area contributed by atoms with Crippen LogP contribution in [0.1, 0.15) is 17.1 Å². The minimum absolute atomic E-state index is 0.0326. The molecule has 0 saturated carbocycles. The second-order valence-electron chi connectivity index (χ2n) is 8.45. The number of halogens is 4. The summed E-state index contributed by atoms with van der Waals surface area (Å²) >= 11 is 0. The van der Waals surface area contributed by atoms with Crippen LogP contribution < -0.4 is 10.3 Å². The zero-order valence-electron chi connectivity index (χ0n) is 20.3. The van der Waals surface area contributed by atoms with E-state index >= 15 is 0 Å². The summed E-state index contributed by atoms with van der Waals surface area (Å²) in [6.45, 7) is -3.27. The second-order valence-corrected chi connectivity index (χ2v) is 8.45. The number of nitriles is 1. The van der Waals surface area contributed by atoms with Crippen molar-refractivity contribution in [3.8, 4) is 11.8 Å². The Hall–Kier alpha value is -4.51. The Kier molecular flexibility index (Phi) is 8.40. The Morgan fingerprint density at radius 3 is 2.59 bits per heavy atom. The lowest BCUT2D eigenvalue weighted by Crippen LogP contribution is -2.41. The number of imidazole rings is 1. The summed E-state index contributed by atoms with van der Waals surface area (Å²) in [6.07, 6.45) is -5.51. The summed E-state index contributed by atoms with van der Waals surface area (Å²) in [4.78, 5) is 33.9. The molecule has 0 aliphatic heterocycles. The number of aromatic nitrogens is 4. The number of carbonyl (C=O) groups excluding carboxylic acids is 1. The highest BCUT2D eigenvalue weighted by Gasteiger charge is 2.21. The van der Waals surface area contributed by atoms with Crippen LogP contribution in [-0.4, -0.2) is 74.8 Å². The first-order valence-corrected chi connectivity index (χ1v) is 11.7. The number of hydrogen-bond acceptors (Lipinski definition) is 7. The van der Waals surface area contributed by atoms with Gasteiger partial charge in [-0.15, -0.1) is 0 Å². The molecule has 0 saturated heterocycles. The van der Waals surface area contributed by atoms with Crippen LogP contribution in [0.25, 0.3) is 21.8 Å². The number of amides is 1. The van der Waals surface area contributed by atoms with Crippen molar-refractivity contribution < 1.29 is 32.2 Å². The predicted octanol–water partition coefficient (Wildman–Crippen LogP) is 2.47. The average molecular weight is 546 g/mol. The molecule has 0 aliphatic rings. The van der Waals surface area contributed by atoms with Gasteiger partial charge >= 0.3 is 0 Å². The predicted molar refractivity (Wildman–Crippen MR) is 131 cm³/mol. The van der Waals surface area contributed by atoms with Gasteiger partial charge in [-0.2, -0.15) is 10.4 Å². The first kappa shape index (κ1) is 27.5. The minimum atomic E-state index is -2.83. The van der Waals surface area contributed by atoms with Gasteiger partial charge in [0.2, 0.25) is 5.91 Å². The molecular weight excluding hydrogens is 524 g/mol. The van der Waals surface area contributed by atoms with Crippen LogP contribution in [-0.2, 0) is 17.8 Å². The van der Waals surface area contributed by atoms with Crippen molar-refractivity contribution >= 4 is 27.7 Å². The zero-order valence-corrected chi connectivity index (χ0v) is 20.3. The summed E-state index contributed by atoms with van der Waals surface area (Å²) < 4.78 is 56.9. The Morgan fingerprint density at radius 1 is 1.18 bits per heavy atom. The van der Waals surface area contributed by atoms with Gasteiger partial charge in [-0.25, -0.2) is 27.2 Å². The highest BCUT2D eigenvalue weighted by Crippen LogP contribution is 2.26. The van der Waals surface area contributed by atoms with Crippen molar-refractivity contribution in [2.75, 3.05) is 26.3 Å². The molecule has 2 heterocycles. The van der Waals surface area contributed by atoms with Crippen LogP contribution in [0, 0.1) is 11.3 Å². The van der Waals surface area contributed by atoms with Gasteiger partial charge in [0, 0.05) is 18.0 Å². The molecule has 0 atom stereocenters. The number of ether oxygens (including phenoxy) is 1. The molecule has 0 aliphatic carbocycles. The molecule has 14 heteroatoms. The molecule has 2 aromatic heterocycles. The van der Waals surface area contributed by atoms with Gasteiger partial charge in [-0.1, -0.05) is 18.2 Å². The first-order valence-electron chi connectivity index (χ1n) is 11.7. The van der Waals surface area contributed by atoms with Gasteiger partial charge < -0.3 is 19.7 Å². The zero-order chi connectivity index (χ0) is 28.1. The third-order valence-corrected chi connectivity index (χ3v) is 5.76. The molecule has 204 valence electrons. The lowest BCUT2D eigenvalue weighted by molar-refractivity contribution is -0.134. The number of nitrogens with one attached hydrogen (secondary N) is 1. The van der Waals surface area contributed by atoms with E-state index in [0.29, 0.717) is 27.9 Å². The maximum absolute atomic E-state index is 13.0. The lowest BCUT2D eigenvalue weighted by Gasteiger charge is -2.21. The lowest BCUT2D eigenvalue weighted by atomic mass is 10.1. The van der Waals surface area contributed by atoms with E-state index in [-0.39, 0.29) is 29.7 Å². The van der Waals surface area contributed by atoms with Gasteiger partial charge in [-0.3, -0.25) is 9.59 Å². The number of nitrogens with zero attached hydrogens (tertiary/aromatic N) is 5. The molecule has 0 fully saturated rings. The standard InChI is InChI=1S/C25H22F4N6O4/c26-21(27)11-34(5-6-36)24(37)12-35-25(38)16-4-2-1-3-15(16)17(33-35)9-23-31-18-7-14(10-30)20(8-19(18)32-23)39-13-22(28)29/h1-4,7-8,21-22,36H,5-6,9,11-13H2,(H,31,32). The van der Waals surface area contributed by atoms with Crippen molar-refractivity contribution in [3.05, 3.63) is 63.8 Å². The number of aromatic amines is 1. The van der Waals surface area contributed by atoms with E-state index in [1.165, 1.54) is 12.1 Å². The van der Waals surface area contributed by atoms with E-state index in [1.54, 1.807) is 24.3 Å². The van der Waals surface area contributed by atoms with Gasteiger partial charge in [-0.05, 0) is 12.1 Å². The molecule has 4 aromatic rings. The quantitative estimate of drug-likeness (QED) is 0.276. The first-order chi connectivity index (χ1) is 18.7. The highest BCUT2D eigenvalue weighted by atomic mass is 19.3. The SMILES string of the molecule is N#Cc1cc2[nH]c(Cc3nn(CC(=O)N(CCO)CC(F)F)c(=O)c4ccccc34)nc2cc1OCC(F)F. The number of rotatable bonds is 11. The third kappa shape index (κ3) is 6.32. The molecule has 4 rings (SSSR count). The van der Waals surface area contributed by atoms with Gasteiger partial charge in [0.05, 0.1) is 47.2 Å². The Labute approximate surface area is 218 Å². The fourth-order valence-electron chi connectivity index (χ4n) is 4.07. The maximum atomic E-state index is 13.0. The van der Waals surface area contributed by atoms with Crippen molar-refractivity contribution in [1.29, 1.82) is 5.26 Å². The number of H-pyrrole nitrogens is 1. The van der Waals surface area contributed by atoms with Crippen LogP contribution in [0.15, 0.2) is 41.2 Å². The third-order valence-electron chi connectivity index (χ3n) is 5.76. The normalized spacial score (nSPS) is 11.4. The van der Waals surface area contributed by atoms with E-state index in [0.717, 1.165) is 9.58 Å². The van der Waals surface area contributed by atoms with E-state index in [4.69, 9.17) is 9.84 Å². The van der Waals surface area contributed by atoms with Crippen LogP contribution in [0.5, 0.6) is 5.75 Å². The smallest absolute Gasteiger partial charge is 0.275 e. The monoisotopic (exact) mass is 546 g/mol. The number of fused-ring (bicyclic) bond motifs is 2. The van der Waals surface area contributed by atoms with E-state index < -0.39 is 50.6 Å². The molecule has 0 unspecified atom stereocenters. The molecule has 2 N–H and O–H groups in total. The molecule has 0 radical (unpaired) electrons. The highest BCUT2D eigenvalue weighted by molar-refractivity contribution is 5.85. The Morgan fingerprint density at radius 2 is 1.92 bits per heavy atom. The minimum Gasteiger partial charge on any atom is -0.486 e. The van der Waals surface area contributed by atoms with E-state index in [2.05, 4.69) is 15.1 Å². The largest absolute Gasteiger partial charge is 0.486 e. The summed E-state index contributed by atoms with van der Waals surface area (Å²) in [5.41, 5.74) is 0.547. The van der Waals surface area contributed by atoms with Gasteiger partial charge in [0.15, 0.2) is 0 Å². The summed E-state index contributed by atoms with van der Waals surface area (Å²) in [7, 11) is 0. The summed E-state index contributed by atoms with van der Waals surface area (Å²) in [5, 5.41) is 23.5. The topological polar surface area (TPSA) is 137 Å². The van der Waals surface area contributed by atoms with Crippen LogP contribution in [0.3, 0.4) is 0 Å². The average Bonchev–Trinajstić information content (AvgIpc) is 3.30. The molecule has 10 nitrogen and oxygen atoms in total. The van der Waals surface area contributed by atoms with Crippen LogP contribution in [0.2, 0.25) is 0 Å². The summed E-state index contributed by atoms with van der Waals surface area (Å²) in [6, 6.07) is 11.2. The van der Waals surface area contributed by atoms with Crippen molar-refractivity contribution in [2.45, 2.75) is 25.8 Å². The van der Waals surface area contributed by atoms with Crippen molar-refractivity contribution in [2.24, 2.45) is 0 Å². The number of hydrogen-bond donors (Lipinski definition) is 2. The van der Waals surface area contributed by atoms with Gasteiger partial charge in [0.1, 0.15) is 30.8 Å². The molecule has 1 amide bonds. The van der Waals surface area contributed by atoms with Crippen LogP contribution >= 0.6 is 0 Å². The van der Waals surface area contributed by atoms with Gasteiger partial charge in [0.25, 0.3) is 18.4 Å². The number of aliphatic hydroxyl groups is 1. The number of alkyl halides is 4. The molecule has 0 bridgehead atoms. The molecule has 39 heavy (non-hydrogen) atoms. The van der Waals surface area contributed by atoms with Crippen molar-refractivity contribution in [1.82, 2.24) is 24.6 Å². The summed E-state index contributed by atoms with van der Waals surface area (Å²) in [5.74, 6) is -0.506. The molecule has 2 aromatic carbocycles. The van der Waals surface area contributed by atoms with E-state index in [1.807, 2.05) is 6.07 Å². The molecular formula is C25H22F4N6O4.